The van der Waals surface area contributed by atoms with Gasteiger partial charge in [-0.3, -0.25) is 0 Å². The van der Waals surface area contributed by atoms with E-state index >= 15 is 0 Å². The number of halogens is 1. The van der Waals surface area contributed by atoms with Crippen LogP contribution in [0.4, 0.5) is 0 Å². The quantitative estimate of drug-likeness (QED) is 0.609. The number of hydrogen-bond acceptors (Lipinski definition) is 1. The van der Waals surface area contributed by atoms with Crippen LogP contribution in [0.1, 0.15) is 11.1 Å². The Kier molecular flexibility index (Phi) is 4.45. The highest BCUT2D eigenvalue weighted by molar-refractivity contribution is 6.31. The van der Waals surface area contributed by atoms with Crippen LogP contribution >= 0.6 is 11.6 Å². The van der Waals surface area contributed by atoms with Gasteiger partial charge in [0.05, 0.1) is 7.11 Å². The van der Waals surface area contributed by atoms with Crippen molar-refractivity contribution in [3.63, 3.8) is 0 Å². The molecule has 3 rings (SSSR count). The second-order valence-electron chi connectivity index (χ2n) is 5.20. The summed E-state index contributed by atoms with van der Waals surface area (Å²) >= 11 is 6.46. The van der Waals surface area contributed by atoms with E-state index in [1.54, 1.807) is 7.11 Å². The van der Waals surface area contributed by atoms with Crippen molar-refractivity contribution in [3.05, 3.63) is 88.9 Å². The predicted octanol–water partition coefficient (Wildman–Crippen LogP) is 5.61. The van der Waals surface area contributed by atoms with Crippen molar-refractivity contribution < 1.29 is 4.74 Å². The monoisotopic (exact) mass is 308 g/mol. The molecule has 0 atom stereocenters. The molecule has 3 aromatic carbocycles. The highest BCUT2D eigenvalue weighted by Crippen LogP contribution is 2.28. The Labute approximate surface area is 136 Å². The Morgan fingerprint density at radius 2 is 1.50 bits per heavy atom. The third-order valence-electron chi connectivity index (χ3n) is 3.71. The zero-order chi connectivity index (χ0) is 15.4. The minimum atomic E-state index is 0.803. The fourth-order valence-corrected chi connectivity index (χ4v) is 2.72. The molecular formula is C20H17ClO. The predicted molar refractivity (Wildman–Crippen MR) is 92.7 cm³/mol. The van der Waals surface area contributed by atoms with Gasteiger partial charge < -0.3 is 4.74 Å². The molecule has 0 radical (unpaired) electrons. The van der Waals surface area contributed by atoms with Crippen LogP contribution in [0, 0.1) is 0 Å². The Hall–Kier alpha value is -2.25. The molecule has 0 amide bonds. The van der Waals surface area contributed by atoms with Crippen LogP contribution in [0.3, 0.4) is 0 Å². The maximum atomic E-state index is 6.46. The molecule has 0 aromatic heterocycles. The molecule has 0 aliphatic carbocycles. The minimum absolute atomic E-state index is 0.803. The number of hydrogen-bond donors (Lipinski definition) is 0. The lowest BCUT2D eigenvalue weighted by Crippen LogP contribution is -1.90. The van der Waals surface area contributed by atoms with Crippen molar-refractivity contribution in [3.8, 4) is 16.9 Å². The van der Waals surface area contributed by atoms with E-state index in [1.807, 2.05) is 36.4 Å². The van der Waals surface area contributed by atoms with Gasteiger partial charge in [0, 0.05) is 5.02 Å². The molecule has 0 N–H and O–H groups in total. The van der Waals surface area contributed by atoms with E-state index in [1.165, 1.54) is 5.56 Å². The number of methoxy groups -OCH3 is 1. The Morgan fingerprint density at radius 1 is 0.818 bits per heavy atom. The van der Waals surface area contributed by atoms with E-state index in [0.717, 1.165) is 33.9 Å². The topological polar surface area (TPSA) is 9.23 Å². The van der Waals surface area contributed by atoms with Crippen LogP contribution in [-0.4, -0.2) is 7.11 Å². The molecule has 0 aliphatic rings. The maximum absolute atomic E-state index is 6.46. The van der Waals surface area contributed by atoms with Gasteiger partial charge in [0.1, 0.15) is 5.75 Å². The molecule has 0 bridgehead atoms. The summed E-state index contributed by atoms with van der Waals surface area (Å²) in [7, 11) is 1.67. The summed E-state index contributed by atoms with van der Waals surface area (Å²) in [5, 5.41) is 0.803. The molecule has 110 valence electrons. The summed E-state index contributed by atoms with van der Waals surface area (Å²) in [5.74, 6) is 0.857. The first-order chi connectivity index (χ1) is 10.8. The molecule has 3 aromatic rings. The molecule has 2 heteroatoms. The molecule has 0 aliphatic heterocycles. The zero-order valence-electron chi connectivity index (χ0n) is 12.4. The summed E-state index contributed by atoms with van der Waals surface area (Å²) in [4.78, 5) is 0. The molecular weight excluding hydrogens is 292 g/mol. The molecule has 0 heterocycles. The van der Waals surface area contributed by atoms with Crippen molar-refractivity contribution in [1.29, 1.82) is 0 Å². The summed E-state index contributed by atoms with van der Waals surface area (Å²) < 4.78 is 5.19. The van der Waals surface area contributed by atoms with Crippen LogP contribution in [0.25, 0.3) is 11.1 Å². The fourth-order valence-electron chi connectivity index (χ4n) is 2.47. The second-order valence-corrected chi connectivity index (χ2v) is 5.60. The summed E-state index contributed by atoms with van der Waals surface area (Å²) in [5.41, 5.74) is 4.66. The van der Waals surface area contributed by atoms with Crippen LogP contribution in [0.2, 0.25) is 5.02 Å². The van der Waals surface area contributed by atoms with Crippen molar-refractivity contribution in [2.75, 3.05) is 7.11 Å². The zero-order valence-corrected chi connectivity index (χ0v) is 13.2. The largest absolute Gasteiger partial charge is 0.497 e. The van der Waals surface area contributed by atoms with Crippen molar-refractivity contribution in [1.82, 2.24) is 0 Å². The lowest BCUT2D eigenvalue weighted by Gasteiger charge is -2.08. The standard InChI is InChI=1S/C20H17ClO/c1-22-19-11-9-16(10-12-19)17-7-8-18(20(21)14-17)13-15-5-3-2-4-6-15/h2-12,14H,13H2,1H3. The van der Waals surface area contributed by atoms with Gasteiger partial charge in [-0.15, -0.1) is 0 Å². The minimum Gasteiger partial charge on any atom is -0.497 e. The lowest BCUT2D eigenvalue weighted by molar-refractivity contribution is 0.415. The Morgan fingerprint density at radius 3 is 2.14 bits per heavy atom. The van der Waals surface area contributed by atoms with E-state index < -0.39 is 0 Å². The number of benzene rings is 3. The third kappa shape index (κ3) is 3.32. The van der Waals surface area contributed by atoms with Gasteiger partial charge in [-0.25, -0.2) is 0 Å². The van der Waals surface area contributed by atoms with Gasteiger partial charge >= 0.3 is 0 Å². The van der Waals surface area contributed by atoms with Crippen LogP contribution in [0.15, 0.2) is 72.8 Å². The van der Waals surface area contributed by atoms with Crippen molar-refractivity contribution >= 4 is 11.6 Å². The Bertz CT molecular complexity index is 748. The summed E-state index contributed by atoms with van der Waals surface area (Å²) in [6, 6.07) is 24.6. The van der Waals surface area contributed by atoms with E-state index in [2.05, 4.69) is 36.4 Å². The van der Waals surface area contributed by atoms with Crippen LogP contribution in [-0.2, 0) is 6.42 Å². The molecule has 0 unspecified atom stereocenters. The Balaban J connectivity index is 1.85. The molecule has 22 heavy (non-hydrogen) atoms. The van der Waals surface area contributed by atoms with Crippen molar-refractivity contribution in [2.45, 2.75) is 6.42 Å². The SMILES string of the molecule is COc1ccc(-c2ccc(Cc3ccccc3)c(Cl)c2)cc1. The van der Waals surface area contributed by atoms with E-state index in [-0.39, 0.29) is 0 Å². The van der Waals surface area contributed by atoms with E-state index in [0.29, 0.717) is 0 Å². The lowest BCUT2D eigenvalue weighted by atomic mass is 10.00. The van der Waals surface area contributed by atoms with E-state index in [4.69, 9.17) is 16.3 Å². The number of ether oxygens (including phenoxy) is 1. The summed E-state index contributed by atoms with van der Waals surface area (Å²) in [6.07, 6.45) is 0.850. The third-order valence-corrected chi connectivity index (χ3v) is 4.07. The smallest absolute Gasteiger partial charge is 0.118 e. The average Bonchev–Trinajstić information content (AvgIpc) is 2.58. The summed E-state index contributed by atoms with van der Waals surface area (Å²) in [6.45, 7) is 0. The highest BCUT2D eigenvalue weighted by atomic mass is 35.5. The first-order valence-corrected chi connectivity index (χ1v) is 7.61. The molecule has 0 saturated carbocycles. The molecule has 0 fully saturated rings. The van der Waals surface area contributed by atoms with Crippen molar-refractivity contribution in [2.24, 2.45) is 0 Å². The fraction of sp³-hybridized carbons (Fsp3) is 0.100. The second kappa shape index (κ2) is 6.67. The van der Waals surface area contributed by atoms with Gasteiger partial charge in [0.25, 0.3) is 0 Å². The van der Waals surface area contributed by atoms with Gasteiger partial charge in [-0.05, 0) is 46.9 Å². The van der Waals surface area contributed by atoms with Gasteiger partial charge in [0.2, 0.25) is 0 Å². The molecule has 0 saturated heterocycles. The van der Waals surface area contributed by atoms with E-state index in [9.17, 15) is 0 Å². The first kappa shape index (κ1) is 14.7. The normalized spacial score (nSPS) is 10.5. The van der Waals surface area contributed by atoms with Gasteiger partial charge in [-0.2, -0.15) is 0 Å². The maximum Gasteiger partial charge on any atom is 0.118 e. The average molecular weight is 309 g/mol. The van der Waals surface area contributed by atoms with Gasteiger partial charge in [0.15, 0.2) is 0 Å². The molecule has 1 nitrogen and oxygen atoms in total. The first-order valence-electron chi connectivity index (χ1n) is 7.23. The molecule has 0 spiro atoms. The van der Waals surface area contributed by atoms with Crippen LogP contribution < -0.4 is 4.74 Å². The van der Waals surface area contributed by atoms with Gasteiger partial charge in [-0.1, -0.05) is 66.2 Å². The number of rotatable bonds is 4. The van der Waals surface area contributed by atoms with Crippen LogP contribution in [0.5, 0.6) is 5.75 Å². The highest BCUT2D eigenvalue weighted by Gasteiger charge is 2.05.